The second-order valence-electron chi connectivity index (χ2n) is 4.82. The van der Waals surface area contributed by atoms with E-state index >= 15 is 0 Å². The molecule has 17 heavy (non-hydrogen) atoms. The molecule has 0 aliphatic carbocycles. The molecule has 2 nitrogen and oxygen atoms in total. The molecule has 94 valence electrons. The lowest BCUT2D eigenvalue weighted by Gasteiger charge is -2.21. The van der Waals surface area contributed by atoms with Crippen LogP contribution in [-0.4, -0.2) is 25.7 Å². The molecular formula is C14H21ClN2. The maximum Gasteiger partial charge on any atom is 0.0426 e. The van der Waals surface area contributed by atoms with Gasteiger partial charge in [-0.25, -0.2) is 0 Å². The van der Waals surface area contributed by atoms with E-state index < -0.39 is 0 Å². The fourth-order valence-electron chi connectivity index (χ4n) is 2.42. The van der Waals surface area contributed by atoms with E-state index in [-0.39, 0.29) is 0 Å². The number of hydrogen-bond donors (Lipinski definition) is 1. The standard InChI is InChI=1S/C14H21ClN2/c1-3-7-16-13-6-8-17(10-13)14-9-12(15)5-4-11(14)2/h4-5,9,13,16H,3,6-8,10H2,1-2H3. The summed E-state index contributed by atoms with van der Waals surface area (Å²) >= 11 is 6.07. The van der Waals surface area contributed by atoms with Crippen molar-refractivity contribution in [3.8, 4) is 0 Å². The predicted octanol–water partition coefficient (Wildman–Crippen LogP) is 3.23. The molecule has 1 aliphatic heterocycles. The predicted molar refractivity (Wildman–Crippen MR) is 75.1 cm³/mol. The first-order chi connectivity index (χ1) is 8.20. The van der Waals surface area contributed by atoms with Crippen LogP contribution < -0.4 is 10.2 Å². The second kappa shape index (κ2) is 5.74. The van der Waals surface area contributed by atoms with Gasteiger partial charge in [-0.1, -0.05) is 24.6 Å². The first-order valence-corrected chi connectivity index (χ1v) is 6.83. The Kier molecular flexibility index (Phi) is 4.30. The zero-order chi connectivity index (χ0) is 12.3. The SMILES string of the molecule is CCCNC1CCN(c2cc(Cl)ccc2C)C1. The maximum atomic E-state index is 6.07. The Morgan fingerprint density at radius 2 is 2.29 bits per heavy atom. The van der Waals surface area contributed by atoms with Gasteiger partial charge in [0.1, 0.15) is 0 Å². The van der Waals surface area contributed by atoms with Gasteiger partial charge in [0, 0.05) is 29.8 Å². The molecule has 1 aromatic carbocycles. The molecule has 0 saturated carbocycles. The van der Waals surface area contributed by atoms with Crippen LogP contribution in [-0.2, 0) is 0 Å². The van der Waals surface area contributed by atoms with Crippen molar-refractivity contribution in [2.75, 3.05) is 24.5 Å². The van der Waals surface area contributed by atoms with Crippen LogP contribution in [0.4, 0.5) is 5.69 Å². The molecule has 0 amide bonds. The molecule has 3 heteroatoms. The van der Waals surface area contributed by atoms with Gasteiger partial charge in [0.2, 0.25) is 0 Å². The maximum absolute atomic E-state index is 6.07. The highest BCUT2D eigenvalue weighted by Crippen LogP contribution is 2.27. The van der Waals surface area contributed by atoms with Gasteiger partial charge in [-0.2, -0.15) is 0 Å². The molecule has 1 N–H and O–H groups in total. The minimum atomic E-state index is 0.633. The van der Waals surface area contributed by atoms with Crippen molar-refractivity contribution in [1.29, 1.82) is 0 Å². The zero-order valence-corrected chi connectivity index (χ0v) is 11.4. The molecule has 0 spiro atoms. The van der Waals surface area contributed by atoms with Gasteiger partial charge in [-0.15, -0.1) is 0 Å². The van der Waals surface area contributed by atoms with Crippen LogP contribution in [0.25, 0.3) is 0 Å². The number of nitrogens with one attached hydrogen (secondary N) is 1. The largest absolute Gasteiger partial charge is 0.370 e. The van der Waals surface area contributed by atoms with Crippen LogP contribution in [0.1, 0.15) is 25.3 Å². The van der Waals surface area contributed by atoms with Crippen molar-refractivity contribution in [3.05, 3.63) is 28.8 Å². The number of anilines is 1. The van der Waals surface area contributed by atoms with Gasteiger partial charge >= 0.3 is 0 Å². The summed E-state index contributed by atoms with van der Waals surface area (Å²) in [4.78, 5) is 2.44. The van der Waals surface area contributed by atoms with Crippen molar-refractivity contribution < 1.29 is 0 Å². The van der Waals surface area contributed by atoms with Gasteiger partial charge in [-0.05, 0) is 44.0 Å². The summed E-state index contributed by atoms with van der Waals surface area (Å²) in [6.07, 6.45) is 2.43. The highest BCUT2D eigenvalue weighted by Gasteiger charge is 2.22. The third kappa shape index (κ3) is 3.14. The van der Waals surface area contributed by atoms with E-state index in [0.29, 0.717) is 6.04 Å². The normalized spacial score (nSPS) is 19.9. The van der Waals surface area contributed by atoms with Crippen LogP contribution >= 0.6 is 11.6 Å². The number of aryl methyl sites for hydroxylation is 1. The van der Waals surface area contributed by atoms with E-state index in [1.807, 2.05) is 6.07 Å². The van der Waals surface area contributed by atoms with E-state index in [1.54, 1.807) is 0 Å². The Balaban J connectivity index is 2.02. The van der Waals surface area contributed by atoms with E-state index in [4.69, 9.17) is 11.6 Å². The molecule has 0 aromatic heterocycles. The average Bonchev–Trinajstić information content (AvgIpc) is 2.78. The molecule has 0 radical (unpaired) electrons. The van der Waals surface area contributed by atoms with Gasteiger partial charge < -0.3 is 10.2 Å². The Morgan fingerprint density at radius 3 is 3.06 bits per heavy atom. The smallest absolute Gasteiger partial charge is 0.0426 e. The van der Waals surface area contributed by atoms with Gasteiger partial charge in [0.25, 0.3) is 0 Å². The number of hydrogen-bond acceptors (Lipinski definition) is 2. The van der Waals surface area contributed by atoms with E-state index in [0.717, 1.165) is 24.7 Å². The highest BCUT2D eigenvalue weighted by molar-refractivity contribution is 6.30. The molecule has 1 atom stereocenters. The third-order valence-corrected chi connectivity index (χ3v) is 3.62. The Hall–Kier alpha value is -0.730. The van der Waals surface area contributed by atoms with Gasteiger partial charge in [0.15, 0.2) is 0 Å². The van der Waals surface area contributed by atoms with Gasteiger partial charge in [0.05, 0.1) is 0 Å². The molecule has 1 aliphatic rings. The minimum absolute atomic E-state index is 0.633. The quantitative estimate of drug-likeness (QED) is 0.885. The summed E-state index contributed by atoms with van der Waals surface area (Å²) in [6, 6.07) is 6.78. The molecule has 1 unspecified atom stereocenters. The first-order valence-electron chi connectivity index (χ1n) is 6.45. The van der Waals surface area contributed by atoms with Crippen LogP contribution in [0.3, 0.4) is 0 Å². The number of halogens is 1. The van der Waals surface area contributed by atoms with Crippen LogP contribution in [0, 0.1) is 6.92 Å². The van der Waals surface area contributed by atoms with Gasteiger partial charge in [-0.3, -0.25) is 0 Å². The summed E-state index contributed by atoms with van der Waals surface area (Å²) in [5.41, 5.74) is 2.60. The van der Waals surface area contributed by atoms with Crippen LogP contribution in [0.5, 0.6) is 0 Å². The monoisotopic (exact) mass is 252 g/mol. The number of rotatable bonds is 4. The Morgan fingerprint density at radius 1 is 1.47 bits per heavy atom. The molecule has 1 heterocycles. The first kappa shape index (κ1) is 12.7. The lowest BCUT2D eigenvalue weighted by Crippen LogP contribution is -2.33. The lowest BCUT2D eigenvalue weighted by molar-refractivity contribution is 0.549. The Labute approximate surface area is 109 Å². The summed E-state index contributed by atoms with van der Waals surface area (Å²) in [5.74, 6) is 0. The average molecular weight is 253 g/mol. The van der Waals surface area contributed by atoms with Crippen molar-refractivity contribution >= 4 is 17.3 Å². The Bertz CT molecular complexity index is 378. The summed E-state index contributed by atoms with van der Waals surface area (Å²) in [5, 5.41) is 4.42. The summed E-state index contributed by atoms with van der Waals surface area (Å²) < 4.78 is 0. The molecule has 1 fully saturated rings. The van der Waals surface area contributed by atoms with Crippen LogP contribution in [0.15, 0.2) is 18.2 Å². The highest BCUT2D eigenvalue weighted by atomic mass is 35.5. The van der Waals surface area contributed by atoms with E-state index in [2.05, 4.69) is 36.2 Å². The number of nitrogens with zero attached hydrogens (tertiary/aromatic N) is 1. The fourth-order valence-corrected chi connectivity index (χ4v) is 2.58. The van der Waals surface area contributed by atoms with Crippen molar-refractivity contribution in [2.45, 2.75) is 32.7 Å². The molecule has 2 rings (SSSR count). The molecule has 1 aromatic rings. The fraction of sp³-hybridized carbons (Fsp3) is 0.571. The van der Waals surface area contributed by atoms with Crippen molar-refractivity contribution in [3.63, 3.8) is 0 Å². The summed E-state index contributed by atoms with van der Waals surface area (Å²) in [6.45, 7) is 7.70. The summed E-state index contributed by atoms with van der Waals surface area (Å²) in [7, 11) is 0. The molecular weight excluding hydrogens is 232 g/mol. The number of benzene rings is 1. The molecule has 1 saturated heterocycles. The second-order valence-corrected chi connectivity index (χ2v) is 5.25. The van der Waals surface area contributed by atoms with E-state index in [9.17, 15) is 0 Å². The third-order valence-electron chi connectivity index (χ3n) is 3.38. The zero-order valence-electron chi connectivity index (χ0n) is 10.7. The van der Waals surface area contributed by atoms with Crippen LogP contribution in [0.2, 0.25) is 5.02 Å². The van der Waals surface area contributed by atoms with E-state index in [1.165, 1.54) is 24.1 Å². The van der Waals surface area contributed by atoms with Crippen molar-refractivity contribution in [2.24, 2.45) is 0 Å². The van der Waals surface area contributed by atoms with Crippen molar-refractivity contribution in [1.82, 2.24) is 5.32 Å². The topological polar surface area (TPSA) is 15.3 Å². The lowest BCUT2D eigenvalue weighted by atomic mass is 10.2. The minimum Gasteiger partial charge on any atom is -0.370 e. The molecule has 0 bridgehead atoms.